The molecule has 3 saturated carbocycles. The molecule has 0 spiro atoms. The highest BCUT2D eigenvalue weighted by molar-refractivity contribution is 5.97. The Hall–Kier alpha value is -1.95. The third-order valence-corrected chi connectivity index (χ3v) is 8.32. The minimum Gasteiger partial charge on any atom is -0.455 e. The van der Waals surface area contributed by atoms with Gasteiger partial charge in [-0.05, 0) is 45.1 Å². The second-order valence-corrected chi connectivity index (χ2v) is 10.4. The normalized spacial score (nSPS) is 39.6. The van der Waals surface area contributed by atoms with Crippen molar-refractivity contribution in [2.45, 2.75) is 80.1 Å². The predicted molar refractivity (Wildman–Crippen MR) is 116 cm³/mol. The highest BCUT2D eigenvalue weighted by atomic mass is 16.6. The summed E-state index contributed by atoms with van der Waals surface area (Å²) in [6.45, 7) is 14.8. The van der Waals surface area contributed by atoms with Gasteiger partial charge in [0.1, 0.15) is 12.2 Å². The molecule has 1 N–H and O–H groups in total. The number of allylic oxidation sites excluding steroid dienone is 3. The molecule has 8 atom stereocenters. The van der Waals surface area contributed by atoms with Gasteiger partial charge in [-0.1, -0.05) is 46.3 Å². The standard InChI is InChI=1S/C25H36O6/c1-9-12(3)22(28)30-19-20(27)25(8)16-14(5)11-15(26)17(25)18(16)24(6,7)21(19)31-23(29)13(4)10-2/h10-12,16-21,27H,9H2,1-8H3/b13-10-/t12?,16?,17?,18?,19-,20+,21+,25+/m0/s1. The number of aliphatic hydroxyl groups excluding tert-OH is 1. The van der Waals surface area contributed by atoms with Gasteiger partial charge in [-0.3, -0.25) is 9.59 Å². The van der Waals surface area contributed by atoms with Gasteiger partial charge in [0.05, 0.1) is 5.92 Å². The molecular formula is C25H36O6. The summed E-state index contributed by atoms with van der Waals surface area (Å²) in [5, 5.41) is 11.6. The van der Waals surface area contributed by atoms with E-state index < -0.39 is 47.0 Å². The molecular weight excluding hydrogens is 396 g/mol. The smallest absolute Gasteiger partial charge is 0.333 e. The quantitative estimate of drug-likeness (QED) is 0.527. The number of carbonyl (C=O) groups excluding carboxylic acids is 3. The Morgan fingerprint density at radius 3 is 2.35 bits per heavy atom. The lowest BCUT2D eigenvalue weighted by Crippen LogP contribution is -2.68. The maximum Gasteiger partial charge on any atom is 0.333 e. The maximum atomic E-state index is 13.0. The van der Waals surface area contributed by atoms with E-state index in [4.69, 9.17) is 9.47 Å². The van der Waals surface area contributed by atoms with Crippen molar-refractivity contribution in [3.63, 3.8) is 0 Å². The van der Waals surface area contributed by atoms with E-state index in [1.807, 2.05) is 34.6 Å². The molecule has 3 fully saturated rings. The minimum absolute atomic E-state index is 0.0109. The third-order valence-electron chi connectivity index (χ3n) is 8.32. The Labute approximate surface area is 185 Å². The number of hydrogen-bond donors (Lipinski definition) is 1. The van der Waals surface area contributed by atoms with Gasteiger partial charge in [-0.2, -0.15) is 0 Å². The van der Waals surface area contributed by atoms with Gasteiger partial charge in [0.25, 0.3) is 0 Å². The molecule has 0 aromatic heterocycles. The number of ether oxygens (including phenoxy) is 2. The lowest BCUT2D eigenvalue weighted by atomic mass is 9.37. The summed E-state index contributed by atoms with van der Waals surface area (Å²) in [6, 6.07) is 0. The SMILES string of the molecule is C/C=C(/C)C(=O)O[C@@H]1[C@@H](OC(=O)C(C)CC)[C@@H](O)[C@@]2(C)C3C(=O)C=C(C)C2C3C1(C)C. The van der Waals surface area contributed by atoms with Gasteiger partial charge < -0.3 is 14.6 Å². The van der Waals surface area contributed by atoms with Crippen LogP contribution in [0.5, 0.6) is 0 Å². The van der Waals surface area contributed by atoms with Crippen LogP contribution in [0.3, 0.4) is 0 Å². The average molecular weight is 433 g/mol. The zero-order valence-electron chi connectivity index (χ0n) is 19.9. The molecule has 4 bridgehead atoms. The molecule has 0 aromatic rings. The summed E-state index contributed by atoms with van der Waals surface area (Å²) in [4.78, 5) is 38.5. The van der Waals surface area contributed by atoms with Crippen molar-refractivity contribution in [3.05, 3.63) is 23.3 Å². The van der Waals surface area contributed by atoms with Crippen molar-refractivity contribution in [3.8, 4) is 0 Å². The zero-order chi connectivity index (χ0) is 23.5. The number of rotatable bonds is 5. The molecule has 6 heteroatoms. The maximum absolute atomic E-state index is 13.0. The number of aliphatic hydroxyl groups is 1. The van der Waals surface area contributed by atoms with Crippen LogP contribution < -0.4 is 0 Å². The van der Waals surface area contributed by atoms with Crippen LogP contribution in [0.25, 0.3) is 0 Å². The van der Waals surface area contributed by atoms with Gasteiger partial charge in [-0.25, -0.2) is 4.79 Å². The molecule has 0 aliphatic heterocycles. The first-order chi connectivity index (χ1) is 14.3. The van der Waals surface area contributed by atoms with E-state index in [1.165, 1.54) is 0 Å². The van der Waals surface area contributed by atoms with E-state index in [9.17, 15) is 19.5 Å². The van der Waals surface area contributed by atoms with Gasteiger partial charge in [0.2, 0.25) is 0 Å². The first-order valence-corrected chi connectivity index (χ1v) is 11.3. The van der Waals surface area contributed by atoms with Crippen molar-refractivity contribution in [1.29, 1.82) is 0 Å². The van der Waals surface area contributed by atoms with E-state index in [0.29, 0.717) is 12.0 Å². The molecule has 6 nitrogen and oxygen atoms in total. The molecule has 4 aliphatic carbocycles. The fourth-order valence-corrected chi connectivity index (χ4v) is 6.15. The molecule has 172 valence electrons. The average Bonchev–Trinajstić information content (AvgIpc) is 2.78. The van der Waals surface area contributed by atoms with E-state index in [1.54, 1.807) is 32.9 Å². The van der Waals surface area contributed by atoms with Crippen molar-refractivity contribution in [1.82, 2.24) is 0 Å². The molecule has 0 heterocycles. The predicted octanol–water partition coefficient (Wildman–Crippen LogP) is 3.62. The number of carbonyl (C=O) groups is 3. The van der Waals surface area contributed by atoms with E-state index in [0.717, 1.165) is 5.57 Å². The van der Waals surface area contributed by atoms with Crippen LogP contribution in [0.15, 0.2) is 23.3 Å². The van der Waals surface area contributed by atoms with Crippen molar-refractivity contribution in [2.75, 3.05) is 0 Å². The Bertz CT molecular complexity index is 852. The Morgan fingerprint density at radius 1 is 1.23 bits per heavy atom. The van der Waals surface area contributed by atoms with Gasteiger partial charge in [0, 0.05) is 22.3 Å². The number of ketones is 1. The van der Waals surface area contributed by atoms with Crippen LogP contribution in [-0.2, 0) is 23.9 Å². The molecule has 31 heavy (non-hydrogen) atoms. The van der Waals surface area contributed by atoms with Crippen LogP contribution in [0.1, 0.15) is 61.8 Å². The molecule has 0 amide bonds. The number of hydrogen-bond acceptors (Lipinski definition) is 6. The molecule has 0 aromatic carbocycles. The molecule has 0 radical (unpaired) electrons. The number of fused-ring (bicyclic) bond motifs is 3. The summed E-state index contributed by atoms with van der Waals surface area (Å²) in [5.74, 6) is -1.86. The minimum atomic E-state index is -1.13. The third kappa shape index (κ3) is 3.29. The second-order valence-electron chi connectivity index (χ2n) is 10.4. The van der Waals surface area contributed by atoms with Gasteiger partial charge >= 0.3 is 11.9 Å². The molecule has 4 rings (SSSR count). The highest BCUT2D eigenvalue weighted by Crippen LogP contribution is 2.71. The number of esters is 2. The fraction of sp³-hybridized carbons (Fsp3) is 0.720. The fourth-order valence-electron chi connectivity index (χ4n) is 6.15. The second kappa shape index (κ2) is 7.88. The van der Waals surface area contributed by atoms with E-state index in [-0.39, 0.29) is 23.5 Å². The van der Waals surface area contributed by atoms with Crippen LogP contribution in [0, 0.1) is 34.5 Å². The van der Waals surface area contributed by atoms with E-state index >= 15 is 0 Å². The zero-order valence-corrected chi connectivity index (χ0v) is 19.9. The Balaban J connectivity index is 2.12. The molecule has 0 saturated heterocycles. The largest absolute Gasteiger partial charge is 0.455 e. The first kappa shape index (κ1) is 23.7. The Kier molecular flexibility index (Phi) is 6.02. The van der Waals surface area contributed by atoms with Crippen LogP contribution in [0.2, 0.25) is 0 Å². The molecule has 4 aliphatic rings. The lowest BCUT2D eigenvalue weighted by molar-refractivity contribution is -0.201. The molecule has 4 unspecified atom stereocenters. The van der Waals surface area contributed by atoms with Crippen LogP contribution in [-0.4, -0.2) is 41.1 Å². The van der Waals surface area contributed by atoms with Crippen molar-refractivity contribution >= 4 is 17.7 Å². The Morgan fingerprint density at radius 2 is 1.84 bits per heavy atom. The van der Waals surface area contributed by atoms with Gasteiger partial charge in [-0.15, -0.1) is 0 Å². The summed E-state index contributed by atoms with van der Waals surface area (Å²) < 4.78 is 11.8. The topological polar surface area (TPSA) is 89.9 Å². The van der Waals surface area contributed by atoms with Gasteiger partial charge in [0.15, 0.2) is 11.9 Å². The van der Waals surface area contributed by atoms with Crippen LogP contribution in [0.4, 0.5) is 0 Å². The summed E-state index contributed by atoms with van der Waals surface area (Å²) in [6.07, 6.45) is 0.868. The first-order valence-electron chi connectivity index (χ1n) is 11.3. The monoisotopic (exact) mass is 432 g/mol. The lowest BCUT2D eigenvalue weighted by Gasteiger charge is -2.65. The van der Waals surface area contributed by atoms with Crippen LogP contribution >= 0.6 is 0 Å². The summed E-state index contributed by atoms with van der Waals surface area (Å²) in [5.41, 5.74) is -0.0976. The van der Waals surface area contributed by atoms with Crippen molar-refractivity contribution in [2.24, 2.45) is 34.5 Å². The summed E-state index contributed by atoms with van der Waals surface area (Å²) >= 11 is 0. The van der Waals surface area contributed by atoms with Crippen molar-refractivity contribution < 1.29 is 29.0 Å². The highest BCUT2D eigenvalue weighted by Gasteiger charge is 2.76. The van der Waals surface area contributed by atoms with E-state index in [2.05, 4.69) is 0 Å². The summed E-state index contributed by atoms with van der Waals surface area (Å²) in [7, 11) is 0.